The Labute approximate surface area is 227 Å². The van der Waals surface area contributed by atoms with Gasteiger partial charge in [-0.25, -0.2) is 9.78 Å². The molecule has 2 heterocycles. The first-order valence-corrected chi connectivity index (χ1v) is 13.3. The third-order valence-electron chi connectivity index (χ3n) is 7.93. The lowest BCUT2D eigenvalue weighted by Gasteiger charge is -2.25. The molecule has 206 valence electrons. The number of ether oxygens (including phenoxy) is 1. The van der Waals surface area contributed by atoms with Crippen LogP contribution >= 0.6 is 0 Å². The van der Waals surface area contributed by atoms with E-state index in [9.17, 15) is 19.5 Å². The average molecular weight is 534 g/mol. The number of carbonyl (C=O) groups excluding carboxylic acids is 1. The largest absolute Gasteiger partial charge is 0.478 e. The second-order valence-electron chi connectivity index (χ2n) is 10.6. The van der Waals surface area contributed by atoms with Crippen LogP contribution in [0.1, 0.15) is 40.9 Å². The second kappa shape index (κ2) is 10.7. The van der Waals surface area contributed by atoms with Crippen LogP contribution in [-0.2, 0) is 16.6 Å². The highest BCUT2D eigenvalue weighted by molar-refractivity contribution is 5.94. The fourth-order valence-corrected chi connectivity index (χ4v) is 5.89. The van der Waals surface area contributed by atoms with Gasteiger partial charge in [0.1, 0.15) is 0 Å². The average Bonchev–Trinajstić information content (AvgIpc) is 3.42. The van der Waals surface area contributed by atoms with Crippen LogP contribution < -0.4 is 21.1 Å². The minimum atomic E-state index is -1.01. The van der Waals surface area contributed by atoms with Crippen LogP contribution in [0.2, 0.25) is 0 Å². The van der Waals surface area contributed by atoms with Gasteiger partial charge in [0.25, 0.3) is 5.56 Å². The summed E-state index contributed by atoms with van der Waals surface area (Å²) < 4.78 is 6.63. The molecule has 10 heteroatoms. The molecule has 1 aromatic heterocycles. The van der Waals surface area contributed by atoms with Gasteiger partial charge in [-0.2, -0.15) is 0 Å². The van der Waals surface area contributed by atoms with Gasteiger partial charge < -0.3 is 25.4 Å². The molecule has 39 heavy (non-hydrogen) atoms. The lowest BCUT2D eigenvalue weighted by molar-refractivity contribution is -0.123. The summed E-state index contributed by atoms with van der Waals surface area (Å²) in [6.45, 7) is 6.45. The minimum absolute atomic E-state index is 0.0121. The smallest absolute Gasteiger partial charge is 0.337 e. The van der Waals surface area contributed by atoms with Crippen LogP contribution in [-0.4, -0.2) is 59.9 Å². The van der Waals surface area contributed by atoms with E-state index >= 15 is 0 Å². The summed E-state index contributed by atoms with van der Waals surface area (Å²) in [6, 6.07) is 10.3. The number of para-hydroxylation sites is 1. The zero-order valence-electron chi connectivity index (χ0n) is 22.7. The van der Waals surface area contributed by atoms with Gasteiger partial charge in [-0.1, -0.05) is 18.2 Å². The number of amides is 1. The number of carbonyl (C=O) groups is 2. The van der Waals surface area contributed by atoms with Crippen LogP contribution in [0.4, 0.5) is 11.6 Å². The molecule has 3 unspecified atom stereocenters. The van der Waals surface area contributed by atoms with Gasteiger partial charge in [0.05, 0.1) is 22.5 Å². The SMILES string of the molecule is COCCCNC(=O)C1C2CN(c3nc4c(C(C)Nc5ccccc5C(=O)O)cc(C)cc4c(=O)n3C)CC21. The Hall–Kier alpha value is -3.92. The van der Waals surface area contributed by atoms with E-state index in [1.807, 2.05) is 26.0 Å². The van der Waals surface area contributed by atoms with Crippen LogP contribution in [0.5, 0.6) is 0 Å². The molecule has 3 N–H and O–H groups in total. The van der Waals surface area contributed by atoms with Crippen LogP contribution in [0.25, 0.3) is 10.9 Å². The van der Waals surface area contributed by atoms with E-state index < -0.39 is 5.97 Å². The van der Waals surface area contributed by atoms with E-state index in [1.165, 1.54) is 0 Å². The highest BCUT2D eigenvalue weighted by Crippen LogP contribution is 2.52. The Balaban J connectivity index is 1.40. The molecule has 1 amide bonds. The van der Waals surface area contributed by atoms with E-state index in [0.29, 0.717) is 48.8 Å². The van der Waals surface area contributed by atoms with Crippen molar-refractivity contribution in [1.29, 1.82) is 0 Å². The Morgan fingerprint density at radius 3 is 2.62 bits per heavy atom. The summed E-state index contributed by atoms with van der Waals surface area (Å²) in [4.78, 5) is 44.9. The number of benzene rings is 2. The van der Waals surface area contributed by atoms with E-state index in [4.69, 9.17) is 9.72 Å². The van der Waals surface area contributed by atoms with Crippen molar-refractivity contribution < 1.29 is 19.4 Å². The molecular weight excluding hydrogens is 498 g/mol. The second-order valence-corrected chi connectivity index (χ2v) is 10.6. The van der Waals surface area contributed by atoms with Crippen molar-refractivity contribution in [3.05, 3.63) is 63.4 Å². The number of nitrogens with zero attached hydrogens (tertiary/aromatic N) is 3. The number of carboxylic acids is 1. The van der Waals surface area contributed by atoms with Crippen molar-refractivity contribution in [2.24, 2.45) is 24.8 Å². The molecular formula is C29H35N5O5. The molecule has 0 bridgehead atoms. The third kappa shape index (κ3) is 5.08. The molecule has 2 fully saturated rings. The van der Waals surface area contributed by atoms with Crippen LogP contribution in [0.3, 0.4) is 0 Å². The number of nitrogens with one attached hydrogen (secondary N) is 2. The number of fused-ring (bicyclic) bond motifs is 2. The molecule has 3 aromatic rings. The third-order valence-corrected chi connectivity index (χ3v) is 7.93. The number of rotatable bonds is 10. The topological polar surface area (TPSA) is 126 Å². The summed E-state index contributed by atoms with van der Waals surface area (Å²) in [5.41, 5.74) is 2.89. The van der Waals surface area contributed by atoms with Gasteiger partial charge >= 0.3 is 5.97 Å². The normalized spacial score (nSPS) is 20.5. The Kier molecular flexibility index (Phi) is 7.31. The first-order valence-electron chi connectivity index (χ1n) is 13.3. The van der Waals surface area contributed by atoms with Crippen molar-refractivity contribution in [2.75, 3.05) is 43.6 Å². The van der Waals surface area contributed by atoms with Gasteiger partial charge in [-0.05, 0) is 55.9 Å². The lowest BCUT2D eigenvalue weighted by Crippen LogP contribution is -2.35. The maximum atomic E-state index is 13.5. The molecule has 10 nitrogen and oxygen atoms in total. The maximum Gasteiger partial charge on any atom is 0.337 e. The van der Waals surface area contributed by atoms with Gasteiger partial charge in [0.2, 0.25) is 11.9 Å². The highest BCUT2D eigenvalue weighted by atomic mass is 16.5. The van der Waals surface area contributed by atoms with E-state index in [1.54, 1.807) is 43.0 Å². The number of anilines is 2. The van der Waals surface area contributed by atoms with E-state index in [2.05, 4.69) is 15.5 Å². The Morgan fingerprint density at radius 1 is 1.21 bits per heavy atom. The lowest BCUT2D eigenvalue weighted by atomic mass is 10.0. The van der Waals surface area contributed by atoms with Crippen LogP contribution in [0.15, 0.2) is 41.2 Å². The predicted octanol–water partition coefficient (Wildman–Crippen LogP) is 2.95. The molecule has 3 atom stereocenters. The number of aromatic carboxylic acids is 1. The summed E-state index contributed by atoms with van der Waals surface area (Å²) in [6.07, 6.45) is 0.788. The van der Waals surface area contributed by atoms with Gasteiger partial charge in [-0.15, -0.1) is 0 Å². The molecule has 0 radical (unpaired) electrons. The number of methoxy groups -OCH3 is 1. The monoisotopic (exact) mass is 533 g/mol. The van der Waals surface area contributed by atoms with Gasteiger partial charge in [0.15, 0.2) is 0 Å². The number of carboxylic acid groups (broad SMARTS) is 1. The Bertz CT molecular complexity index is 1470. The van der Waals surface area contributed by atoms with E-state index in [-0.39, 0.29) is 40.8 Å². The van der Waals surface area contributed by atoms with Crippen molar-refractivity contribution >= 4 is 34.4 Å². The fourth-order valence-electron chi connectivity index (χ4n) is 5.89. The molecule has 1 aliphatic carbocycles. The van der Waals surface area contributed by atoms with Gasteiger partial charge in [0, 0.05) is 57.6 Å². The molecule has 1 saturated heterocycles. The molecule has 2 aromatic carbocycles. The number of hydrogen-bond acceptors (Lipinski definition) is 7. The number of aryl methyl sites for hydroxylation is 1. The summed E-state index contributed by atoms with van der Waals surface area (Å²) in [7, 11) is 3.39. The van der Waals surface area contributed by atoms with Crippen LogP contribution in [0, 0.1) is 24.7 Å². The van der Waals surface area contributed by atoms with E-state index in [0.717, 1.165) is 17.5 Å². The predicted molar refractivity (Wildman–Crippen MR) is 149 cm³/mol. The quantitative estimate of drug-likeness (QED) is 0.340. The number of hydrogen-bond donors (Lipinski definition) is 3. The molecule has 0 spiro atoms. The highest BCUT2D eigenvalue weighted by Gasteiger charge is 2.59. The molecule has 1 aliphatic heterocycles. The first kappa shape index (κ1) is 26.7. The van der Waals surface area contributed by atoms with Crippen molar-refractivity contribution in [3.63, 3.8) is 0 Å². The summed E-state index contributed by atoms with van der Waals surface area (Å²) >= 11 is 0. The minimum Gasteiger partial charge on any atom is -0.478 e. The zero-order chi connectivity index (χ0) is 27.8. The molecule has 2 aliphatic rings. The number of aromatic nitrogens is 2. The van der Waals surface area contributed by atoms with Crippen molar-refractivity contribution in [1.82, 2.24) is 14.9 Å². The number of piperidine rings is 1. The summed E-state index contributed by atoms with van der Waals surface area (Å²) in [5, 5.41) is 16.4. The van der Waals surface area contributed by atoms with Crippen molar-refractivity contribution in [2.45, 2.75) is 26.3 Å². The fraction of sp³-hybridized carbons (Fsp3) is 0.448. The standard InChI is InChI=1S/C29H35N5O5/c1-16-12-19(17(2)31-23-9-6-5-8-18(23)28(37)38)25-20(13-16)27(36)33(3)29(32-25)34-14-21-22(15-34)24(21)26(35)30-10-7-11-39-4/h5-6,8-9,12-13,17,21-22,24,31H,7,10-11,14-15H2,1-4H3,(H,30,35)(H,37,38). The zero-order valence-corrected chi connectivity index (χ0v) is 22.7. The maximum absolute atomic E-state index is 13.5. The van der Waals surface area contributed by atoms with Gasteiger partial charge in [-0.3, -0.25) is 14.2 Å². The Morgan fingerprint density at radius 2 is 1.92 bits per heavy atom. The molecule has 1 saturated carbocycles. The first-order chi connectivity index (χ1) is 18.7. The van der Waals surface area contributed by atoms with Crippen molar-refractivity contribution in [3.8, 4) is 0 Å². The summed E-state index contributed by atoms with van der Waals surface area (Å²) in [5.74, 6) is 0.195. The molecule has 5 rings (SSSR count).